The molecule has 7 heteroatoms. The van der Waals surface area contributed by atoms with E-state index in [-0.39, 0.29) is 6.04 Å². The molecule has 1 unspecified atom stereocenters. The molecule has 0 amide bonds. The number of para-hydroxylation sites is 1. The molecule has 164 valence electrons. The van der Waals surface area contributed by atoms with E-state index in [0.29, 0.717) is 0 Å². The van der Waals surface area contributed by atoms with Crippen LogP contribution in [0.5, 0.6) is 0 Å². The van der Waals surface area contributed by atoms with Crippen LogP contribution in [0, 0.1) is 6.92 Å². The predicted molar refractivity (Wildman–Crippen MR) is 131 cm³/mol. The molecule has 4 aromatic rings. The second-order valence-corrected chi connectivity index (χ2v) is 8.63. The van der Waals surface area contributed by atoms with Crippen molar-refractivity contribution in [3.63, 3.8) is 0 Å². The lowest BCUT2D eigenvalue weighted by molar-refractivity contribution is 0.311. The first-order valence-corrected chi connectivity index (χ1v) is 11.1. The van der Waals surface area contributed by atoms with Gasteiger partial charge in [0.25, 0.3) is 0 Å². The number of nitrogens with one attached hydrogen (secondary N) is 1. The summed E-state index contributed by atoms with van der Waals surface area (Å²) in [6.07, 6.45) is 3.66. The van der Waals surface area contributed by atoms with Crippen molar-refractivity contribution < 1.29 is 0 Å². The van der Waals surface area contributed by atoms with Crippen molar-refractivity contribution in [2.24, 2.45) is 0 Å². The van der Waals surface area contributed by atoms with Crippen LogP contribution in [0.25, 0.3) is 22.6 Å². The number of hydrogen-bond acceptors (Lipinski definition) is 6. The zero-order valence-electron chi connectivity index (χ0n) is 18.9. The second kappa shape index (κ2) is 8.24. The van der Waals surface area contributed by atoms with E-state index >= 15 is 0 Å². The highest BCUT2D eigenvalue weighted by atomic mass is 15.4. The summed E-state index contributed by atoms with van der Waals surface area (Å²) in [6.45, 7) is 12.2. The molecular formula is C25H29N7. The summed E-state index contributed by atoms with van der Waals surface area (Å²) in [6, 6.07) is 12.7. The standard InChI is InChI=1S/C25H29N7/c1-5-19-8-6-7-9-22(19)27-18(3)20-14-17(2)15-21-23(20)28-25(32-16-26-29-24(21)32)31-12-10-30(4)11-13-31/h5-9,14-16,18,27H,1,10-13H2,2-4H3. The molecule has 0 bridgehead atoms. The molecule has 1 atom stereocenters. The predicted octanol–water partition coefficient (Wildman–Crippen LogP) is 4.15. The van der Waals surface area contributed by atoms with Gasteiger partial charge in [-0.25, -0.2) is 4.98 Å². The van der Waals surface area contributed by atoms with Crippen LogP contribution in [0.1, 0.15) is 29.7 Å². The van der Waals surface area contributed by atoms with Gasteiger partial charge in [0.15, 0.2) is 5.65 Å². The van der Waals surface area contributed by atoms with E-state index in [1.54, 1.807) is 6.33 Å². The Bertz CT molecular complexity index is 1280. The van der Waals surface area contributed by atoms with Crippen LogP contribution >= 0.6 is 0 Å². The molecule has 2 aromatic carbocycles. The summed E-state index contributed by atoms with van der Waals surface area (Å²) in [5, 5.41) is 13.4. The Morgan fingerprint density at radius 2 is 1.91 bits per heavy atom. The van der Waals surface area contributed by atoms with E-state index in [2.05, 4.69) is 77.1 Å². The third-order valence-electron chi connectivity index (χ3n) is 6.31. The van der Waals surface area contributed by atoms with Crippen LogP contribution in [-0.4, -0.2) is 57.7 Å². The highest BCUT2D eigenvalue weighted by molar-refractivity contribution is 5.95. The largest absolute Gasteiger partial charge is 0.378 e. The fourth-order valence-corrected chi connectivity index (χ4v) is 4.50. The summed E-state index contributed by atoms with van der Waals surface area (Å²) < 4.78 is 2.03. The maximum Gasteiger partial charge on any atom is 0.213 e. The monoisotopic (exact) mass is 427 g/mol. The summed E-state index contributed by atoms with van der Waals surface area (Å²) in [5.74, 6) is 0.911. The number of anilines is 2. The van der Waals surface area contributed by atoms with E-state index < -0.39 is 0 Å². The molecule has 5 rings (SSSR count). The van der Waals surface area contributed by atoms with Gasteiger partial charge in [-0.15, -0.1) is 10.2 Å². The molecule has 32 heavy (non-hydrogen) atoms. The number of hydrogen-bond donors (Lipinski definition) is 1. The Labute approximate surface area is 188 Å². The number of piperazine rings is 1. The van der Waals surface area contributed by atoms with Gasteiger partial charge in [-0.05, 0) is 44.2 Å². The molecule has 0 radical (unpaired) electrons. The van der Waals surface area contributed by atoms with Crippen molar-refractivity contribution in [1.82, 2.24) is 24.5 Å². The van der Waals surface area contributed by atoms with Gasteiger partial charge in [0.2, 0.25) is 5.95 Å². The van der Waals surface area contributed by atoms with E-state index in [4.69, 9.17) is 4.98 Å². The van der Waals surface area contributed by atoms with Crippen molar-refractivity contribution in [2.45, 2.75) is 19.9 Å². The Hall–Kier alpha value is -3.45. The number of fused-ring (bicyclic) bond motifs is 3. The fraction of sp³-hybridized carbons (Fsp3) is 0.320. The molecular weight excluding hydrogens is 398 g/mol. The van der Waals surface area contributed by atoms with E-state index in [9.17, 15) is 0 Å². The van der Waals surface area contributed by atoms with Gasteiger partial charge in [0, 0.05) is 42.8 Å². The normalized spacial score (nSPS) is 15.9. The molecule has 3 heterocycles. The van der Waals surface area contributed by atoms with E-state index in [1.807, 2.05) is 22.6 Å². The SMILES string of the molecule is C=Cc1ccccc1NC(C)c1cc(C)cc2c1nc(N1CCN(C)CC1)n1cnnc21. The minimum absolute atomic E-state index is 0.0525. The summed E-state index contributed by atoms with van der Waals surface area (Å²) in [5.41, 5.74) is 6.31. The van der Waals surface area contributed by atoms with E-state index in [1.165, 1.54) is 5.56 Å². The minimum atomic E-state index is 0.0525. The Kier molecular flexibility index (Phi) is 5.27. The molecule has 0 saturated carbocycles. The quantitative estimate of drug-likeness (QED) is 0.516. The first kappa shape index (κ1) is 20.5. The summed E-state index contributed by atoms with van der Waals surface area (Å²) in [7, 11) is 2.16. The van der Waals surface area contributed by atoms with Crippen molar-refractivity contribution >= 4 is 34.3 Å². The molecule has 2 aromatic heterocycles. The van der Waals surface area contributed by atoms with Crippen molar-refractivity contribution in [1.29, 1.82) is 0 Å². The van der Waals surface area contributed by atoms with Crippen LogP contribution < -0.4 is 10.2 Å². The molecule has 0 aliphatic carbocycles. The highest BCUT2D eigenvalue weighted by Gasteiger charge is 2.22. The maximum absolute atomic E-state index is 5.20. The number of likely N-dealkylation sites (N-methyl/N-ethyl adjacent to an activating group) is 1. The molecule has 1 aliphatic rings. The maximum atomic E-state index is 5.20. The van der Waals surface area contributed by atoms with Crippen LogP contribution in [0.3, 0.4) is 0 Å². The van der Waals surface area contributed by atoms with Gasteiger partial charge < -0.3 is 15.1 Å². The van der Waals surface area contributed by atoms with Gasteiger partial charge in [-0.1, -0.05) is 36.9 Å². The van der Waals surface area contributed by atoms with E-state index in [0.717, 1.165) is 65.5 Å². The number of aryl methyl sites for hydroxylation is 1. The van der Waals surface area contributed by atoms with Crippen LogP contribution in [0.2, 0.25) is 0 Å². The van der Waals surface area contributed by atoms with Crippen LogP contribution in [0.4, 0.5) is 11.6 Å². The molecule has 1 N–H and O–H groups in total. The Morgan fingerprint density at radius 3 is 2.69 bits per heavy atom. The average Bonchev–Trinajstić information content (AvgIpc) is 3.29. The second-order valence-electron chi connectivity index (χ2n) is 8.63. The molecule has 1 aliphatic heterocycles. The fourth-order valence-electron chi connectivity index (χ4n) is 4.50. The first-order chi connectivity index (χ1) is 15.5. The van der Waals surface area contributed by atoms with Gasteiger partial charge in [0.1, 0.15) is 6.33 Å². The van der Waals surface area contributed by atoms with Gasteiger partial charge in [-0.2, -0.15) is 0 Å². The first-order valence-electron chi connectivity index (χ1n) is 11.1. The third-order valence-corrected chi connectivity index (χ3v) is 6.31. The third kappa shape index (κ3) is 3.58. The molecule has 1 saturated heterocycles. The van der Waals surface area contributed by atoms with Crippen LogP contribution in [0.15, 0.2) is 49.3 Å². The van der Waals surface area contributed by atoms with Crippen molar-refractivity contribution in [2.75, 3.05) is 43.4 Å². The van der Waals surface area contributed by atoms with Gasteiger partial charge in [0.05, 0.1) is 11.6 Å². The number of nitrogens with zero attached hydrogens (tertiary/aromatic N) is 6. The topological polar surface area (TPSA) is 61.6 Å². The van der Waals surface area contributed by atoms with Crippen molar-refractivity contribution in [3.8, 4) is 0 Å². The lowest BCUT2D eigenvalue weighted by Gasteiger charge is -2.33. The van der Waals surface area contributed by atoms with Crippen molar-refractivity contribution in [3.05, 3.63) is 66.0 Å². The lowest BCUT2D eigenvalue weighted by Crippen LogP contribution is -2.45. The Balaban J connectivity index is 1.64. The molecule has 7 nitrogen and oxygen atoms in total. The minimum Gasteiger partial charge on any atom is -0.378 e. The zero-order chi connectivity index (χ0) is 22.2. The molecule has 1 fully saturated rings. The Morgan fingerprint density at radius 1 is 1.12 bits per heavy atom. The molecule has 0 spiro atoms. The summed E-state index contributed by atoms with van der Waals surface area (Å²) in [4.78, 5) is 9.88. The number of aromatic nitrogens is 4. The van der Waals surface area contributed by atoms with Gasteiger partial charge >= 0.3 is 0 Å². The summed E-state index contributed by atoms with van der Waals surface area (Å²) >= 11 is 0. The number of rotatable bonds is 5. The average molecular weight is 428 g/mol. The zero-order valence-corrected chi connectivity index (χ0v) is 18.9. The number of benzene rings is 2. The lowest BCUT2D eigenvalue weighted by atomic mass is 10.0. The van der Waals surface area contributed by atoms with Gasteiger partial charge in [-0.3, -0.25) is 4.40 Å². The van der Waals surface area contributed by atoms with Crippen LogP contribution in [-0.2, 0) is 0 Å². The smallest absolute Gasteiger partial charge is 0.213 e. The highest BCUT2D eigenvalue weighted by Crippen LogP contribution is 2.32.